The molecule has 4 aromatic heterocycles. The Morgan fingerprint density at radius 3 is 1.46 bits per heavy atom. The summed E-state index contributed by atoms with van der Waals surface area (Å²) in [6.45, 7) is 2.58. The van der Waals surface area contributed by atoms with Gasteiger partial charge in [-0.15, -0.1) is 12.4 Å². The van der Waals surface area contributed by atoms with E-state index in [1.165, 1.54) is 12.2 Å². The zero-order chi connectivity index (χ0) is 50.5. The van der Waals surface area contributed by atoms with Gasteiger partial charge in [0.2, 0.25) is 23.0 Å². The Morgan fingerprint density at radius 2 is 1.07 bits per heavy atom. The highest BCUT2D eigenvalue weighted by Gasteiger charge is 2.26. The van der Waals surface area contributed by atoms with Crippen molar-refractivity contribution in [2.24, 2.45) is 0 Å². The molecule has 0 spiro atoms. The quantitative estimate of drug-likeness (QED) is 0.0367. The van der Waals surface area contributed by atoms with E-state index in [9.17, 15) is 19.2 Å². The van der Waals surface area contributed by atoms with Gasteiger partial charge in [-0.3, -0.25) is 29.1 Å². The number of hydrogen-bond acceptors (Lipinski definition) is 13. The van der Waals surface area contributed by atoms with E-state index in [4.69, 9.17) is 40.5 Å². The van der Waals surface area contributed by atoms with Crippen molar-refractivity contribution in [2.45, 2.75) is 37.8 Å². The molecule has 22 heteroatoms. The van der Waals surface area contributed by atoms with Gasteiger partial charge in [-0.2, -0.15) is 0 Å². The number of benzene rings is 2. The predicted octanol–water partition coefficient (Wildman–Crippen LogP) is 10.4. The van der Waals surface area contributed by atoms with Crippen molar-refractivity contribution < 1.29 is 19.2 Å². The van der Waals surface area contributed by atoms with Gasteiger partial charge in [0, 0.05) is 113 Å². The highest BCUT2D eigenvalue weighted by Crippen LogP contribution is 2.28. The molecular weight excluding hydrogens is 1130 g/mol. The fourth-order valence-corrected chi connectivity index (χ4v) is 8.13. The summed E-state index contributed by atoms with van der Waals surface area (Å²) in [6.07, 6.45) is 19.3. The molecule has 2 aromatic carbocycles. The van der Waals surface area contributed by atoms with Crippen LogP contribution in [0.5, 0.6) is 0 Å². The highest BCUT2D eigenvalue weighted by atomic mass is 79.9. The Balaban J connectivity index is 0.000000236. The predicted molar refractivity (Wildman–Crippen MR) is 296 cm³/mol. The molecule has 3 amide bonds. The summed E-state index contributed by atoms with van der Waals surface area (Å²) in [6, 6.07) is 21.8. The summed E-state index contributed by atoms with van der Waals surface area (Å²) in [5.41, 5.74) is 11.2. The van der Waals surface area contributed by atoms with E-state index < -0.39 is 5.24 Å². The van der Waals surface area contributed by atoms with Crippen LogP contribution in [-0.4, -0.2) is 112 Å². The second kappa shape index (κ2) is 29.5. The first-order chi connectivity index (χ1) is 34.4. The molecular formula is C50H50Br2Cl4N12O4. The number of piperidine rings is 2. The zero-order valence-corrected chi connectivity index (χ0v) is 44.8. The number of anilines is 4. The Bertz CT molecular complexity index is 2770. The monoisotopic (exact) mass is 1180 g/mol. The van der Waals surface area contributed by atoms with Crippen LogP contribution in [-0.2, 0) is 9.59 Å². The lowest BCUT2D eigenvalue weighted by Gasteiger charge is -2.32. The molecule has 6 heterocycles. The number of pyridine rings is 2. The second-order valence-electron chi connectivity index (χ2n) is 15.8. The van der Waals surface area contributed by atoms with Crippen LogP contribution in [0.4, 0.5) is 23.3 Å². The molecule has 2 aliphatic rings. The maximum atomic E-state index is 12.9. The van der Waals surface area contributed by atoms with E-state index in [1.807, 2.05) is 34.1 Å². The number of aromatic nitrogens is 6. The van der Waals surface area contributed by atoms with Gasteiger partial charge in [0.1, 0.15) is 0 Å². The van der Waals surface area contributed by atoms with E-state index in [0.717, 1.165) is 36.8 Å². The van der Waals surface area contributed by atoms with Crippen LogP contribution in [0.1, 0.15) is 46.4 Å². The third-order valence-electron chi connectivity index (χ3n) is 10.8. The average molecular weight is 1180 g/mol. The number of nitrogens with one attached hydrogen (secondary N) is 3. The summed E-state index contributed by atoms with van der Waals surface area (Å²) in [7, 11) is 0. The van der Waals surface area contributed by atoms with Crippen LogP contribution >= 0.6 is 79.1 Å². The third-order valence-corrected chi connectivity index (χ3v) is 12.3. The number of nitrogens with zero attached hydrogens (tertiary/aromatic N) is 8. The van der Waals surface area contributed by atoms with Crippen LogP contribution in [0.25, 0.3) is 22.5 Å². The van der Waals surface area contributed by atoms with Gasteiger partial charge >= 0.3 is 0 Å². The third kappa shape index (κ3) is 17.6. The van der Waals surface area contributed by atoms with E-state index in [2.05, 4.69) is 77.7 Å². The number of likely N-dealkylation sites (tertiary alicyclic amines) is 2. The molecule has 2 saturated heterocycles. The van der Waals surface area contributed by atoms with Gasteiger partial charge in [-0.1, -0.05) is 67.2 Å². The van der Waals surface area contributed by atoms with E-state index in [0.29, 0.717) is 92.7 Å². The van der Waals surface area contributed by atoms with Crippen LogP contribution in [0, 0.1) is 0 Å². The molecule has 0 aliphatic carbocycles. The molecule has 8 rings (SSSR count). The molecule has 2 fully saturated rings. The van der Waals surface area contributed by atoms with Crippen LogP contribution < -0.4 is 21.7 Å². The van der Waals surface area contributed by atoms with Gasteiger partial charge in [0.15, 0.2) is 0 Å². The van der Waals surface area contributed by atoms with Gasteiger partial charge in [0.05, 0.1) is 33.8 Å². The Hall–Kier alpha value is -6.02. The topological polar surface area (TPSA) is 214 Å². The summed E-state index contributed by atoms with van der Waals surface area (Å²) >= 11 is 23.8. The fraction of sp³-hybridized carbons (Fsp3) is 0.240. The van der Waals surface area contributed by atoms with Crippen molar-refractivity contribution in [3.05, 3.63) is 155 Å². The average Bonchev–Trinajstić information content (AvgIpc) is 3.40. The van der Waals surface area contributed by atoms with Crippen molar-refractivity contribution in [2.75, 3.05) is 58.5 Å². The molecule has 6 aromatic rings. The minimum Gasteiger partial charge on any atom is -0.399 e. The largest absolute Gasteiger partial charge is 0.399 e. The highest BCUT2D eigenvalue weighted by molar-refractivity contribution is 9.09. The normalized spacial score (nSPS) is 13.7. The molecule has 16 nitrogen and oxygen atoms in total. The maximum Gasteiger partial charge on any atom is 0.253 e. The number of halogens is 6. The Labute approximate surface area is 455 Å². The number of nitrogen functional groups attached to an aromatic ring is 1. The van der Waals surface area contributed by atoms with E-state index >= 15 is 0 Å². The molecule has 0 bridgehead atoms. The van der Waals surface area contributed by atoms with Gasteiger partial charge < -0.3 is 31.5 Å². The first-order valence-corrected chi connectivity index (χ1v) is 25.7. The molecule has 0 unspecified atom stereocenters. The van der Waals surface area contributed by atoms with Gasteiger partial charge in [0.25, 0.3) is 11.8 Å². The van der Waals surface area contributed by atoms with Crippen molar-refractivity contribution >= 4 is 125 Å². The molecule has 0 atom stereocenters. The van der Waals surface area contributed by atoms with Crippen LogP contribution in [0.2, 0.25) is 10.0 Å². The van der Waals surface area contributed by atoms with Gasteiger partial charge in [-0.05, 0) is 116 Å². The van der Waals surface area contributed by atoms with Crippen LogP contribution in [0.15, 0.2) is 134 Å². The number of alkyl halides is 2. The summed E-state index contributed by atoms with van der Waals surface area (Å²) < 4.78 is 0. The van der Waals surface area contributed by atoms with Crippen molar-refractivity contribution in [1.82, 2.24) is 39.7 Å². The number of nitrogens with two attached hydrogens (primary N) is 1. The maximum absolute atomic E-state index is 12.9. The summed E-state index contributed by atoms with van der Waals surface area (Å²) in [4.78, 5) is 76.9. The van der Waals surface area contributed by atoms with Crippen molar-refractivity contribution in [3.8, 4) is 22.5 Å². The lowest BCUT2D eigenvalue weighted by atomic mass is 10.0. The van der Waals surface area contributed by atoms with E-state index in [1.54, 1.807) is 97.9 Å². The van der Waals surface area contributed by atoms with Crippen molar-refractivity contribution in [1.29, 1.82) is 0 Å². The number of rotatable bonds is 13. The zero-order valence-electron chi connectivity index (χ0n) is 38.5. The first-order valence-electron chi connectivity index (χ1n) is 22.3. The second-order valence-corrected chi connectivity index (χ2v) is 18.3. The Morgan fingerprint density at radius 1 is 0.639 bits per heavy atom. The standard InChI is InChI=1S/C25H24BrClN6O2.C21H21ClN6O.C4H4BrClO.ClH/c26-11-1-4-22(34)30-19-7-5-17(6-8-19)24(35)33-13-9-20(10-14-33)31-25-29-16-21(27)23(32-25)18-3-2-12-28-15-18;22-18-13-25-21(27-19(18)15-2-1-9-24-12-15)26-17-7-10-28(11-8-17)20(29)14-3-5-16(23)6-4-14;5-3-1-2-4(6)7;/h1-8,12,15-16,20H,9-11,13-14H2,(H,30,34)(H,29,31,32);1-6,9,12-13,17H,7-8,10-11,23H2,(H,25,26,27);1-2H,3H2;1H/b4-1+;;2-1+;. The lowest BCUT2D eigenvalue weighted by Crippen LogP contribution is -2.42. The number of amides is 3. The molecule has 0 radical (unpaired) electrons. The first kappa shape index (κ1) is 56.9. The smallest absolute Gasteiger partial charge is 0.253 e. The molecule has 0 saturated carbocycles. The molecule has 2 aliphatic heterocycles. The lowest BCUT2D eigenvalue weighted by molar-refractivity contribution is -0.112. The number of carbonyl (C=O) groups excluding carboxylic acids is 4. The summed E-state index contributed by atoms with van der Waals surface area (Å²) in [5, 5.41) is 11.3. The number of carbonyl (C=O) groups is 4. The minimum absolute atomic E-state index is 0. The SMILES string of the molecule is Cl.Nc1ccc(C(=O)N2CCC(Nc3ncc(Cl)c(-c4cccnc4)n3)CC2)cc1.O=C(/C=C/CBr)Nc1ccc(C(=O)N2CCC(Nc3ncc(Cl)c(-c4cccnc4)n3)CC2)cc1.O=C(Cl)/C=C/CBr. The molecule has 376 valence electrons. The van der Waals surface area contributed by atoms with Crippen molar-refractivity contribution in [3.63, 3.8) is 0 Å². The van der Waals surface area contributed by atoms with Crippen LogP contribution in [0.3, 0.4) is 0 Å². The van der Waals surface area contributed by atoms with Gasteiger partial charge in [-0.25, -0.2) is 19.9 Å². The fourth-order valence-electron chi connectivity index (χ4n) is 7.26. The number of allylic oxidation sites excluding steroid dienone is 3. The minimum atomic E-state index is -0.431. The summed E-state index contributed by atoms with van der Waals surface area (Å²) in [5.74, 6) is 0.820. The number of hydrogen-bond donors (Lipinski definition) is 4. The molecule has 5 N–H and O–H groups in total. The molecule has 72 heavy (non-hydrogen) atoms. The Kier molecular flexibility index (Phi) is 23.3. The van der Waals surface area contributed by atoms with E-state index in [-0.39, 0.29) is 42.2 Å².